The molecule has 0 radical (unpaired) electrons. The van der Waals surface area contributed by atoms with Crippen LogP contribution in [-0.4, -0.2) is 41.1 Å². The van der Waals surface area contributed by atoms with E-state index in [1.54, 1.807) is 18.7 Å². The summed E-state index contributed by atoms with van der Waals surface area (Å²) in [6.45, 7) is 2.68. The molecule has 5 rings (SSSR count). The number of ether oxygens (including phenoxy) is 3. The molecule has 1 aliphatic rings. The van der Waals surface area contributed by atoms with E-state index in [9.17, 15) is 4.79 Å². The highest BCUT2D eigenvalue weighted by Crippen LogP contribution is 2.39. The quantitative estimate of drug-likeness (QED) is 0.305. The van der Waals surface area contributed by atoms with Crippen LogP contribution in [0.3, 0.4) is 0 Å². The van der Waals surface area contributed by atoms with Gasteiger partial charge >= 0.3 is 0 Å². The van der Waals surface area contributed by atoms with Crippen molar-refractivity contribution in [1.82, 2.24) is 14.5 Å². The molecule has 1 saturated heterocycles. The fraction of sp³-hybridized carbons (Fsp3) is 0.345. The minimum absolute atomic E-state index is 0.0232. The Morgan fingerprint density at radius 1 is 1.11 bits per heavy atom. The van der Waals surface area contributed by atoms with Gasteiger partial charge in [-0.15, -0.1) is 0 Å². The van der Waals surface area contributed by atoms with E-state index in [4.69, 9.17) is 30.8 Å². The molecule has 7 nitrogen and oxygen atoms in total. The number of aryl methyl sites for hydroxylation is 2. The number of hydrogen-bond donors (Lipinski definition) is 0. The summed E-state index contributed by atoms with van der Waals surface area (Å²) in [4.78, 5) is 21.5. The number of rotatable bonds is 7. The van der Waals surface area contributed by atoms with Crippen molar-refractivity contribution in [2.24, 2.45) is 7.05 Å². The summed E-state index contributed by atoms with van der Waals surface area (Å²) in [7, 11) is 3.41. The average molecular weight is 520 g/mol. The third-order valence-corrected chi connectivity index (χ3v) is 7.11. The maximum Gasteiger partial charge on any atom is 0.253 e. The fourth-order valence-electron chi connectivity index (χ4n) is 4.95. The summed E-state index contributed by atoms with van der Waals surface area (Å²) in [5.74, 6) is 0. The summed E-state index contributed by atoms with van der Waals surface area (Å²) in [6.07, 6.45) is 4.45. The van der Waals surface area contributed by atoms with E-state index in [0.717, 1.165) is 41.3 Å². The number of aromatic nitrogens is 3. The van der Waals surface area contributed by atoms with Gasteiger partial charge in [-0.05, 0) is 72.7 Å². The summed E-state index contributed by atoms with van der Waals surface area (Å²) in [5, 5.41) is 0.909. The number of nitrogens with zero attached hydrogens (tertiary/aromatic N) is 3. The third-order valence-electron chi connectivity index (χ3n) is 6.95. The number of fused-ring (bicyclic) bond motifs is 1. The summed E-state index contributed by atoms with van der Waals surface area (Å²) >= 11 is 6.46. The first-order valence-corrected chi connectivity index (χ1v) is 12.8. The van der Waals surface area contributed by atoms with Gasteiger partial charge in [0.05, 0.1) is 17.8 Å². The van der Waals surface area contributed by atoms with E-state index in [1.807, 2.05) is 67.7 Å². The van der Waals surface area contributed by atoms with Crippen LogP contribution in [0.5, 0.6) is 0 Å². The Bertz CT molecular complexity index is 1440. The zero-order valence-electron chi connectivity index (χ0n) is 21.2. The highest BCUT2D eigenvalue weighted by Gasteiger charge is 2.39. The zero-order chi connectivity index (χ0) is 26.0. The average Bonchev–Trinajstić information content (AvgIpc) is 2.93. The topological polar surface area (TPSA) is 75.5 Å². The minimum atomic E-state index is -1.06. The first kappa shape index (κ1) is 25.5. The Morgan fingerprint density at radius 3 is 2.62 bits per heavy atom. The van der Waals surface area contributed by atoms with Crippen molar-refractivity contribution in [3.8, 4) is 11.1 Å². The maximum atomic E-state index is 12.3. The largest absolute Gasteiger partial charge is 0.365 e. The molecule has 192 valence electrons. The van der Waals surface area contributed by atoms with Crippen molar-refractivity contribution in [2.45, 2.75) is 38.1 Å². The number of methoxy groups -OCH3 is 1. The predicted molar refractivity (Wildman–Crippen MR) is 144 cm³/mol. The maximum absolute atomic E-state index is 12.3. The van der Waals surface area contributed by atoms with E-state index in [0.29, 0.717) is 23.4 Å². The highest BCUT2D eigenvalue weighted by atomic mass is 35.5. The molecule has 0 aliphatic carbocycles. The van der Waals surface area contributed by atoms with Crippen molar-refractivity contribution in [1.29, 1.82) is 0 Å². The van der Waals surface area contributed by atoms with E-state index in [1.165, 1.54) is 0 Å². The molecule has 2 atom stereocenters. The molecule has 2 aromatic heterocycles. The van der Waals surface area contributed by atoms with Crippen LogP contribution < -0.4 is 5.56 Å². The van der Waals surface area contributed by atoms with Crippen LogP contribution >= 0.6 is 11.6 Å². The van der Waals surface area contributed by atoms with Gasteiger partial charge in [0.25, 0.3) is 5.56 Å². The second-order valence-corrected chi connectivity index (χ2v) is 9.74. The molecule has 0 spiro atoms. The van der Waals surface area contributed by atoms with Crippen LogP contribution in [0.1, 0.15) is 36.1 Å². The molecule has 2 aromatic carbocycles. The lowest BCUT2D eigenvalue weighted by Gasteiger charge is -2.35. The first-order valence-electron chi connectivity index (χ1n) is 12.4. The predicted octanol–water partition coefficient (Wildman–Crippen LogP) is 5.39. The number of benzene rings is 2. The molecule has 1 aliphatic heterocycles. The van der Waals surface area contributed by atoms with Gasteiger partial charge in [0.15, 0.2) is 11.9 Å². The van der Waals surface area contributed by atoms with Crippen molar-refractivity contribution in [3.63, 3.8) is 0 Å². The molecular weight excluding hydrogens is 490 g/mol. The van der Waals surface area contributed by atoms with Gasteiger partial charge in [0.1, 0.15) is 0 Å². The lowest BCUT2D eigenvalue weighted by Crippen LogP contribution is -2.39. The Morgan fingerprint density at radius 2 is 1.92 bits per heavy atom. The molecular formula is C29H30ClN3O4. The standard InChI is InChI=1S/C29H30ClN3O4/c1-19-15-21(17-33(2)27(19)34)20-12-13-24-23(16-20)26(32-28(30)31-24)29(35-3,22-9-5-4-6-10-22)18-37-25-11-7-8-14-36-25/h4-6,9-10,12-13,15-17,25H,7-8,11,14,18H2,1-3H3. The minimum Gasteiger partial charge on any atom is -0.365 e. The SMILES string of the molecule is COC(COC1CCCCO1)(c1ccccc1)c1nc(Cl)nc2ccc(-c3cc(C)c(=O)n(C)c3)cc12. The van der Waals surface area contributed by atoms with Gasteiger partial charge in [-0.2, -0.15) is 0 Å². The molecule has 0 N–H and O–H groups in total. The van der Waals surface area contributed by atoms with Crippen molar-refractivity contribution >= 4 is 22.5 Å². The second-order valence-electron chi connectivity index (χ2n) is 9.41. The molecule has 0 saturated carbocycles. The van der Waals surface area contributed by atoms with Crippen LogP contribution in [0.4, 0.5) is 0 Å². The van der Waals surface area contributed by atoms with Gasteiger partial charge in [-0.25, -0.2) is 9.97 Å². The number of halogens is 1. The molecule has 8 heteroatoms. The summed E-state index contributed by atoms with van der Waals surface area (Å²) < 4.78 is 20.0. The van der Waals surface area contributed by atoms with Crippen molar-refractivity contribution < 1.29 is 14.2 Å². The van der Waals surface area contributed by atoms with Crippen LogP contribution in [0.2, 0.25) is 5.28 Å². The molecule has 37 heavy (non-hydrogen) atoms. The van der Waals surface area contributed by atoms with Crippen LogP contribution in [0.25, 0.3) is 22.0 Å². The second kappa shape index (κ2) is 10.7. The van der Waals surface area contributed by atoms with Crippen LogP contribution in [0.15, 0.2) is 65.6 Å². The highest BCUT2D eigenvalue weighted by molar-refractivity contribution is 6.28. The Kier molecular flexibility index (Phi) is 7.40. The Hall–Kier alpha value is -3.10. The first-order chi connectivity index (χ1) is 17.9. The molecule has 0 bridgehead atoms. The molecule has 2 unspecified atom stereocenters. The van der Waals surface area contributed by atoms with Crippen LogP contribution in [0, 0.1) is 6.92 Å². The van der Waals surface area contributed by atoms with Gasteiger partial charge in [-0.3, -0.25) is 4.79 Å². The lowest BCUT2D eigenvalue weighted by molar-refractivity contribution is -0.191. The van der Waals surface area contributed by atoms with Crippen molar-refractivity contribution in [2.75, 3.05) is 20.3 Å². The number of hydrogen-bond acceptors (Lipinski definition) is 6. The van der Waals surface area contributed by atoms with E-state index >= 15 is 0 Å². The molecule has 3 heterocycles. The van der Waals surface area contributed by atoms with Crippen molar-refractivity contribution in [3.05, 3.63) is 93.3 Å². The van der Waals surface area contributed by atoms with Gasteiger partial charge in [-0.1, -0.05) is 36.4 Å². The van der Waals surface area contributed by atoms with E-state index < -0.39 is 5.60 Å². The van der Waals surface area contributed by atoms with E-state index in [-0.39, 0.29) is 23.7 Å². The molecule has 1 fully saturated rings. The van der Waals surface area contributed by atoms with Gasteiger partial charge in [0.2, 0.25) is 5.28 Å². The van der Waals surface area contributed by atoms with Gasteiger partial charge < -0.3 is 18.8 Å². The normalized spacial score (nSPS) is 17.6. The summed E-state index contributed by atoms with van der Waals surface area (Å²) in [5.41, 5.74) is 3.60. The summed E-state index contributed by atoms with van der Waals surface area (Å²) in [6, 6.07) is 17.7. The number of pyridine rings is 1. The van der Waals surface area contributed by atoms with Gasteiger partial charge in [0, 0.05) is 37.9 Å². The monoisotopic (exact) mass is 519 g/mol. The third kappa shape index (κ3) is 5.05. The zero-order valence-corrected chi connectivity index (χ0v) is 22.0. The van der Waals surface area contributed by atoms with Crippen LogP contribution in [-0.2, 0) is 26.9 Å². The Labute approximate surface area is 221 Å². The smallest absolute Gasteiger partial charge is 0.253 e. The molecule has 4 aromatic rings. The molecule has 0 amide bonds. The lowest BCUT2D eigenvalue weighted by atomic mass is 9.87. The fourth-order valence-corrected chi connectivity index (χ4v) is 5.12. The van der Waals surface area contributed by atoms with E-state index in [2.05, 4.69) is 4.98 Å². The Balaban J connectivity index is 1.69.